The Labute approximate surface area is 414 Å². The van der Waals surface area contributed by atoms with E-state index >= 15 is 0 Å². The zero-order chi connectivity index (χ0) is 45.2. The Bertz CT molecular complexity index is 1490. The van der Waals surface area contributed by atoms with Crippen molar-refractivity contribution in [2.45, 2.75) is 192 Å². The maximum atomic E-state index is 5.47. The molecule has 4 aliphatic carbocycles. The second-order valence-electron chi connectivity index (χ2n) is 21.2. The van der Waals surface area contributed by atoms with Crippen LogP contribution >= 0.6 is 0 Å². The molecular formula is C54H86CuN8O4. The molecule has 0 aromatic heterocycles. The van der Waals surface area contributed by atoms with E-state index in [1.54, 1.807) is 0 Å². The van der Waals surface area contributed by atoms with E-state index in [4.69, 9.17) is 18.9 Å². The SMILES string of the molecule is C1CCC2C3NC(NC4NC(NC5NC(NC6NC(N3)C3CCCCC63)C3CCCCC53)C3CCCCC43)C2C1.[CH2-]Oc1ccc(OCCCC)cc1.[CH2-]Oc1ccc(OCCCC)cc1.[Cu+2]. The van der Waals surface area contributed by atoms with Gasteiger partial charge in [-0.3, -0.25) is 42.5 Å². The summed E-state index contributed by atoms with van der Waals surface area (Å²) in [7, 11) is 6.64. The Morgan fingerprint density at radius 2 is 0.552 bits per heavy atom. The first kappa shape index (κ1) is 51.2. The van der Waals surface area contributed by atoms with Crippen LogP contribution < -0.4 is 61.5 Å². The molecule has 11 rings (SSSR count). The number of hydrogen-bond donors (Lipinski definition) is 8. The number of unbranched alkanes of at least 4 members (excludes halogenated alkanes) is 2. The van der Waals surface area contributed by atoms with Crippen molar-refractivity contribution in [1.82, 2.24) is 42.5 Å². The number of ether oxygens (including phenoxy) is 4. The molecule has 8 atom stereocenters. The largest absolute Gasteiger partial charge is 2.00 e. The zero-order valence-corrected chi connectivity index (χ0v) is 41.7. The predicted octanol–water partition coefficient (Wildman–Crippen LogP) is 8.67. The third-order valence-electron chi connectivity index (χ3n) is 17.3. The van der Waals surface area contributed by atoms with Crippen LogP contribution in [0.1, 0.15) is 142 Å². The average Bonchev–Trinajstić information content (AvgIpc) is 4.11. The van der Waals surface area contributed by atoms with Gasteiger partial charge in [0.25, 0.3) is 0 Å². The molecule has 1 radical (unpaired) electrons. The molecule has 2 aromatic carbocycles. The number of nitrogens with one attached hydrogen (secondary N) is 8. The van der Waals surface area contributed by atoms with E-state index in [0.717, 1.165) is 109 Å². The van der Waals surface area contributed by atoms with Gasteiger partial charge in [-0.25, -0.2) is 0 Å². The fourth-order valence-electron chi connectivity index (χ4n) is 13.9. The van der Waals surface area contributed by atoms with Crippen molar-refractivity contribution in [3.05, 3.63) is 62.8 Å². The maximum Gasteiger partial charge on any atom is 2.00 e. The molecule has 12 nitrogen and oxygen atoms in total. The Hall–Kier alpha value is -2.16. The third-order valence-corrected chi connectivity index (χ3v) is 17.3. The molecule has 8 N–H and O–H groups in total. The minimum atomic E-state index is 0. The standard InChI is InChI=1S/C32H56N8.2C11H15O2.Cu/c1-2-10-18-17(9-1)25-33-26(18)38-28-21-13-5-6-14-22(21)30(35-28)40-32-24-16-8-7-15-23(24)31(36-32)39-29-20-12-4-3-11-19(20)27(34-29)37-25;2*1-3-4-9-13-11-7-5-10(12-2)6-8-11;/h17-40H,1-16H2;2*5-8H,2-4,9H2,1H3;/q;2*-1;+2. The average molecular weight is 975 g/mol. The van der Waals surface area contributed by atoms with E-state index in [1.165, 1.54) is 103 Å². The first-order valence-corrected chi connectivity index (χ1v) is 26.9. The van der Waals surface area contributed by atoms with Gasteiger partial charge < -0.3 is 18.9 Å². The van der Waals surface area contributed by atoms with Crippen LogP contribution in [0, 0.1) is 61.6 Å². The van der Waals surface area contributed by atoms with E-state index in [-0.39, 0.29) is 17.1 Å². The number of benzene rings is 2. The monoisotopic (exact) mass is 974 g/mol. The summed E-state index contributed by atoms with van der Waals surface area (Å²) in [5, 5.41) is 33.8. The Kier molecular flexibility index (Phi) is 19.3. The molecule has 8 unspecified atom stereocenters. The van der Waals surface area contributed by atoms with Crippen molar-refractivity contribution in [3.63, 3.8) is 0 Å². The summed E-state index contributed by atoms with van der Waals surface area (Å²) >= 11 is 0. The Morgan fingerprint density at radius 3 is 0.731 bits per heavy atom. The topological polar surface area (TPSA) is 133 Å². The first-order valence-electron chi connectivity index (χ1n) is 26.9. The Morgan fingerprint density at radius 1 is 0.358 bits per heavy atom. The van der Waals surface area contributed by atoms with Gasteiger partial charge in [0.15, 0.2) is 0 Å². The molecule has 5 heterocycles. The molecule has 2 aromatic rings. The van der Waals surface area contributed by atoms with Crippen LogP contribution in [0.5, 0.6) is 23.0 Å². The smallest absolute Gasteiger partial charge is 0.665 e. The van der Waals surface area contributed by atoms with E-state index in [2.05, 4.69) is 70.6 Å². The second kappa shape index (κ2) is 25.3. The molecule has 5 saturated heterocycles. The van der Waals surface area contributed by atoms with Gasteiger partial charge in [0.05, 0.1) is 74.0 Å². The van der Waals surface area contributed by atoms with Crippen LogP contribution in [0.2, 0.25) is 0 Å². The number of fused-ring (bicyclic) bond motifs is 20. The van der Waals surface area contributed by atoms with Crippen LogP contribution in [0.3, 0.4) is 0 Å². The minimum absolute atomic E-state index is 0. The zero-order valence-electron chi connectivity index (χ0n) is 40.8. The molecule has 67 heavy (non-hydrogen) atoms. The Balaban J connectivity index is 0.000000186. The molecule has 9 aliphatic rings. The molecular weight excluding hydrogens is 888 g/mol. The number of hydrogen-bond acceptors (Lipinski definition) is 12. The van der Waals surface area contributed by atoms with Gasteiger partial charge in [0.2, 0.25) is 0 Å². The van der Waals surface area contributed by atoms with Gasteiger partial charge >= 0.3 is 17.1 Å². The van der Waals surface area contributed by atoms with E-state index in [9.17, 15) is 0 Å². The summed E-state index contributed by atoms with van der Waals surface area (Å²) in [6, 6.07) is 14.9. The first-order chi connectivity index (χ1) is 32.5. The van der Waals surface area contributed by atoms with Crippen LogP contribution in [-0.4, -0.2) is 62.5 Å². The van der Waals surface area contributed by atoms with Crippen LogP contribution in [0.25, 0.3) is 0 Å². The third kappa shape index (κ3) is 12.5. The van der Waals surface area contributed by atoms with E-state index in [1.807, 2.05) is 48.5 Å². The summed E-state index contributed by atoms with van der Waals surface area (Å²) in [4.78, 5) is 0. The summed E-state index contributed by atoms with van der Waals surface area (Å²) in [5.74, 6) is 9.24. The van der Waals surface area contributed by atoms with E-state index in [0.29, 0.717) is 49.3 Å². The van der Waals surface area contributed by atoms with E-state index < -0.39 is 0 Å². The van der Waals surface area contributed by atoms with Crippen molar-refractivity contribution in [2.75, 3.05) is 13.2 Å². The van der Waals surface area contributed by atoms with Gasteiger partial charge in [0.1, 0.15) is 11.5 Å². The van der Waals surface area contributed by atoms with Crippen LogP contribution in [-0.2, 0) is 17.1 Å². The molecule has 13 heteroatoms. The quantitative estimate of drug-likeness (QED) is 0.0659. The molecule has 9 fully saturated rings. The van der Waals surface area contributed by atoms with Gasteiger partial charge in [-0.05, 0) is 160 Å². The molecule has 5 aliphatic heterocycles. The molecule has 8 bridgehead atoms. The van der Waals surface area contributed by atoms with Gasteiger partial charge in [0, 0.05) is 0 Å². The maximum absolute atomic E-state index is 5.47. The van der Waals surface area contributed by atoms with Crippen molar-refractivity contribution in [1.29, 1.82) is 0 Å². The fourth-order valence-corrected chi connectivity index (χ4v) is 13.9. The van der Waals surface area contributed by atoms with Gasteiger partial charge in [-0.2, -0.15) is 14.2 Å². The molecule has 4 saturated carbocycles. The summed E-state index contributed by atoms with van der Waals surface area (Å²) in [6.45, 7) is 5.84. The van der Waals surface area contributed by atoms with Crippen molar-refractivity contribution in [2.24, 2.45) is 47.3 Å². The van der Waals surface area contributed by atoms with Gasteiger partial charge in [-0.1, -0.05) is 78.1 Å². The van der Waals surface area contributed by atoms with Crippen LogP contribution in [0.4, 0.5) is 0 Å². The second-order valence-corrected chi connectivity index (χ2v) is 21.2. The minimum Gasteiger partial charge on any atom is -0.665 e. The van der Waals surface area contributed by atoms with Crippen molar-refractivity contribution >= 4 is 0 Å². The van der Waals surface area contributed by atoms with Crippen molar-refractivity contribution < 1.29 is 36.0 Å². The molecule has 377 valence electrons. The van der Waals surface area contributed by atoms with Crippen LogP contribution in [0.15, 0.2) is 48.5 Å². The molecule has 0 spiro atoms. The predicted molar refractivity (Wildman–Crippen MR) is 263 cm³/mol. The van der Waals surface area contributed by atoms with Crippen molar-refractivity contribution in [3.8, 4) is 23.0 Å². The summed E-state index contributed by atoms with van der Waals surface area (Å²) in [6.07, 6.45) is 30.1. The normalized spacial score (nSPS) is 38.1. The molecule has 0 amide bonds. The summed E-state index contributed by atoms with van der Waals surface area (Å²) in [5.41, 5.74) is 0. The summed E-state index contributed by atoms with van der Waals surface area (Å²) < 4.78 is 20.5. The number of rotatable bonds is 10. The van der Waals surface area contributed by atoms with Gasteiger partial charge in [-0.15, -0.1) is 0 Å². The fraction of sp³-hybridized carbons (Fsp3) is 0.741.